The van der Waals surface area contributed by atoms with E-state index < -0.39 is 0 Å². The first-order valence-corrected chi connectivity index (χ1v) is 25.7. The van der Waals surface area contributed by atoms with Crippen molar-refractivity contribution in [2.75, 3.05) is 34.5 Å². The molecule has 74 heavy (non-hydrogen) atoms. The summed E-state index contributed by atoms with van der Waals surface area (Å²) in [5, 5.41) is 17.1. The predicted octanol–water partition coefficient (Wildman–Crippen LogP) is 10.4. The van der Waals surface area contributed by atoms with Crippen molar-refractivity contribution in [2.24, 2.45) is 9.98 Å². The zero-order valence-corrected chi connectivity index (χ0v) is 41.3. The molecule has 0 saturated heterocycles. The largest absolute Gasteiger partial charge is 0.340 e. The van der Waals surface area contributed by atoms with E-state index in [2.05, 4.69) is 98.2 Å². The van der Waals surface area contributed by atoms with E-state index >= 15 is 0 Å². The third kappa shape index (κ3) is 7.95. The number of nitrogens with zero attached hydrogens (tertiary/aromatic N) is 11. The smallest absolute Gasteiger partial charge is 0.267 e. The van der Waals surface area contributed by atoms with Gasteiger partial charge in [-0.2, -0.15) is 10.2 Å². The van der Waals surface area contributed by atoms with E-state index in [1.165, 1.54) is 11.1 Å². The number of anilines is 6. The summed E-state index contributed by atoms with van der Waals surface area (Å²) in [6.45, 7) is 1.07. The van der Waals surface area contributed by atoms with Crippen LogP contribution in [0.3, 0.4) is 0 Å². The molecule has 2 amide bonds. The van der Waals surface area contributed by atoms with Gasteiger partial charge < -0.3 is 10.6 Å². The molecule has 0 unspecified atom stereocenters. The van der Waals surface area contributed by atoms with Crippen LogP contribution in [0, 0.1) is 0 Å². The lowest BCUT2D eigenvalue weighted by atomic mass is 10.0. The summed E-state index contributed by atoms with van der Waals surface area (Å²) >= 11 is 0. The van der Waals surface area contributed by atoms with Gasteiger partial charge in [-0.15, -0.1) is 0 Å². The molecule has 2 fully saturated rings. The summed E-state index contributed by atoms with van der Waals surface area (Å²) in [7, 11) is 3.64. The second-order valence-corrected chi connectivity index (χ2v) is 19.8. The van der Waals surface area contributed by atoms with Gasteiger partial charge in [0.25, 0.3) is 11.8 Å². The first-order chi connectivity index (χ1) is 36.3. The number of carbonyl (C=O) groups is 2. The summed E-state index contributed by atoms with van der Waals surface area (Å²) in [5.41, 5.74) is 9.61. The summed E-state index contributed by atoms with van der Waals surface area (Å²) in [4.78, 5) is 49.4. The van der Waals surface area contributed by atoms with Crippen molar-refractivity contribution in [1.82, 2.24) is 34.3 Å². The SMILES string of the molecule is CN1C(=O)c2c(nn(Cc3ccc(-c4ccccc4)cc3)c2Nc2ccccc2)N2C1=N[C@@H]1CCC[C@@H]12.CN1C(=O)c2c(nn(Cc3ccc(-c4ccccn4)cc3)c2Nc2ccccc2)N2C1=N[C@@H]1CCC[C@@H]12. The van der Waals surface area contributed by atoms with Gasteiger partial charge in [-0.1, -0.05) is 121 Å². The number of amides is 2. The Morgan fingerprint density at radius 3 is 1.38 bits per heavy atom. The second kappa shape index (κ2) is 18.6. The van der Waals surface area contributed by atoms with Gasteiger partial charge in [-0.05, 0) is 97.2 Å². The van der Waals surface area contributed by atoms with E-state index in [-0.39, 0.29) is 36.0 Å². The Morgan fingerprint density at radius 2 is 0.919 bits per heavy atom. The number of para-hydroxylation sites is 2. The Balaban J connectivity index is 0.000000143. The predicted molar refractivity (Wildman–Crippen MR) is 291 cm³/mol. The standard InChI is InChI=1S/C30H28N6O.C29H27N7O/c1-34-29(37)26-27(31-23-11-6-3-7-12-23)35(33-28(26)36-25-14-8-13-24(25)32-30(34)36)19-20-15-17-22(18-16-20)21-9-4-2-5-10-21;1-34-28(37)25-26(31-21-8-3-2-4-9-21)35(33-27(25)36-24-12-7-11-23(24)32-29(34)36)18-19-13-15-20(16-14-19)22-10-5-6-17-30-22/h2-7,9-12,15-18,24-25,31H,8,13-14,19H2,1H3;2-6,8-10,13-17,23-24,31H,7,11-12,18H2,1H3/t24-,25+;23-,24+/m11/s1. The lowest BCUT2D eigenvalue weighted by Gasteiger charge is -2.34. The van der Waals surface area contributed by atoms with E-state index in [1.807, 2.05) is 108 Å². The first-order valence-electron chi connectivity index (χ1n) is 25.7. The van der Waals surface area contributed by atoms with Crippen LogP contribution in [0.2, 0.25) is 0 Å². The van der Waals surface area contributed by atoms with Gasteiger partial charge in [-0.3, -0.25) is 34.2 Å². The lowest BCUT2D eigenvalue weighted by molar-refractivity contribution is 0.0857. The van der Waals surface area contributed by atoms with E-state index in [1.54, 1.807) is 16.0 Å². The minimum atomic E-state index is -0.0832. The van der Waals surface area contributed by atoms with Crippen LogP contribution in [0.15, 0.2) is 174 Å². The minimum absolute atomic E-state index is 0.0749. The van der Waals surface area contributed by atoms with Crippen LogP contribution in [0.25, 0.3) is 22.4 Å². The Kier molecular flexibility index (Phi) is 11.3. The third-order valence-electron chi connectivity index (χ3n) is 15.2. The number of benzene rings is 5. The van der Waals surface area contributed by atoms with Gasteiger partial charge in [0.2, 0.25) is 11.9 Å². The topological polar surface area (TPSA) is 144 Å². The number of hydrogen-bond donors (Lipinski definition) is 2. The highest BCUT2D eigenvalue weighted by Crippen LogP contribution is 2.45. The maximum atomic E-state index is 13.7. The molecule has 15 heteroatoms. The summed E-state index contributed by atoms with van der Waals surface area (Å²) in [6.07, 6.45) is 8.34. The fourth-order valence-corrected chi connectivity index (χ4v) is 11.5. The van der Waals surface area contributed by atoms with Gasteiger partial charge in [0.05, 0.1) is 43.0 Å². The third-order valence-corrected chi connectivity index (χ3v) is 15.2. The molecule has 15 nitrogen and oxygen atoms in total. The normalized spacial score (nSPS) is 19.9. The molecule has 3 aromatic heterocycles. The number of hydrogen-bond acceptors (Lipinski definition) is 11. The fourth-order valence-electron chi connectivity index (χ4n) is 11.5. The van der Waals surface area contributed by atoms with Crippen molar-refractivity contribution in [3.63, 3.8) is 0 Å². The Bertz CT molecular complexity index is 3220. The molecule has 14 rings (SSSR count). The minimum Gasteiger partial charge on any atom is -0.340 e. The highest BCUT2D eigenvalue weighted by molar-refractivity contribution is 6.22. The Labute approximate surface area is 429 Å². The highest BCUT2D eigenvalue weighted by Gasteiger charge is 2.51. The molecule has 2 aliphatic carbocycles. The molecule has 6 aliphatic rings. The molecule has 0 spiro atoms. The van der Waals surface area contributed by atoms with Gasteiger partial charge in [0.15, 0.2) is 11.6 Å². The van der Waals surface area contributed by atoms with Crippen LogP contribution in [0.1, 0.15) is 70.4 Å². The first kappa shape index (κ1) is 45.0. The van der Waals surface area contributed by atoms with Crippen LogP contribution >= 0.6 is 0 Å². The van der Waals surface area contributed by atoms with Crippen molar-refractivity contribution in [3.8, 4) is 22.4 Å². The van der Waals surface area contributed by atoms with Gasteiger partial charge in [0, 0.05) is 37.2 Å². The van der Waals surface area contributed by atoms with E-state index in [4.69, 9.17) is 20.2 Å². The average molecular weight is 978 g/mol. The number of aromatic nitrogens is 5. The molecule has 8 aromatic rings. The molecule has 5 aromatic carbocycles. The molecule has 7 heterocycles. The lowest BCUT2D eigenvalue weighted by Crippen LogP contribution is -2.51. The molecular formula is C59H55N13O2. The van der Waals surface area contributed by atoms with E-state index in [0.717, 1.165) is 90.0 Å². The number of pyridine rings is 1. The molecule has 0 bridgehead atoms. The number of aliphatic imine (C=N–C) groups is 2. The maximum absolute atomic E-state index is 13.7. The second-order valence-electron chi connectivity index (χ2n) is 19.8. The molecular weight excluding hydrogens is 923 g/mol. The molecule has 4 aliphatic heterocycles. The number of fused-ring (bicyclic) bond motifs is 10. The van der Waals surface area contributed by atoms with Gasteiger partial charge in [-0.25, -0.2) is 19.3 Å². The summed E-state index contributed by atoms with van der Waals surface area (Å²) in [5.74, 6) is 4.14. The van der Waals surface area contributed by atoms with Crippen LogP contribution in [-0.4, -0.2) is 96.3 Å². The average Bonchev–Trinajstić information content (AvgIpc) is 4.33. The van der Waals surface area contributed by atoms with Gasteiger partial charge in [0.1, 0.15) is 22.8 Å². The van der Waals surface area contributed by atoms with Crippen LogP contribution in [0.5, 0.6) is 0 Å². The van der Waals surface area contributed by atoms with Crippen LogP contribution < -0.4 is 20.4 Å². The highest BCUT2D eigenvalue weighted by atomic mass is 16.2. The van der Waals surface area contributed by atoms with Crippen LogP contribution in [-0.2, 0) is 13.1 Å². The molecule has 2 N–H and O–H groups in total. The van der Waals surface area contributed by atoms with Crippen molar-refractivity contribution in [1.29, 1.82) is 0 Å². The zero-order valence-electron chi connectivity index (χ0n) is 41.3. The van der Waals surface area contributed by atoms with Gasteiger partial charge >= 0.3 is 0 Å². The Hall–Kier alpha value is -8.85. The monoisotopic (exact) mass is 977 g/mol. The molecule has 4 atom stereocenters. The molecule has 368 valence electrons. The van der Waals surface area contributed by atoms with E-state index in [0.29, 0.717) is 41.7 Å². The number of guanidine groups is 2. The van der Waals surface area contributed by atoms with Crippen molar-refractivity contribution >= 4 is 58.4 Å². The van der Waals surface area contributed by atoms with Crippen LogP contribution in [0.4, 0.5) is 34.6 Å². The molecule has 2 saturated carbocycles. The summed E-state index contributed by atoms with van der Waals surface area (Å²) in [6, 6.07) is 54.1. The Morgan fingerprint density at radius 1 is 0.486 bits per heavy atom. The number of carbonyl (C=O) groups excluding carboxylic acids is 2. The van der Waals surface area contributed by atoms with Crippen molar-refractivity contribution in [3.05, 3.63) is 186 Å². The number of nitrogens with one attached hydrogen (secondary N) is 2. The van der Waals surface area contributed by atoms with Crippen molar-refractivity contribution in [2.45, 2.75) is 75.8 Å². The zero-order chi connectivity index (χ0) is 49.9. The quantitative estimate of drug-likeness (QED) is 0.137. The van der Waals surface area contributed by atoms with Crippen molar-refractivity contribution < 1.29 is 9.59 Å². The maximum Gasteiger partial charge on any atom is 0.267 e. The molecule has 0 radical (unpaired) electrons. The fraction of sp³-hybridized carbons (Fsp3) is 0.237. The summed E-state index contributed by atoms with van der Waals surface area (Å²) < 4.78 is 3.86. The van der Waals surface area contributed by atoms with E-state index in [9.17, 15) is 9.59 Å². The number of rotatable bonds is 10.